The van der Waals surface area contributed by atoms with Crippen LogP contribution in [0.25, 0.3) is 0 Å². The number of hydrogen-bond donors (Lipinski definition) is 1. The van der Waals surface area contributed by atoms with Crippen molar-refractivity contribution in [2.75, 3.05) is 18.8 Å². The maximum atomic E-state index is 12.1. The van der Waals surface area contributed by atoms with E-state index < -0.39 is 0 Å². The van der Waals surface area contributed by atoms with E-state index in [9.17, 15) is 9.59 Å². The smallest absolute Gasteiger partial charge is 0.230 e. The molecule has 4 nitrogen and oxygen atoms in total. The van der Waals surface area contributed by atoms with Crippen molar-refractivity contribution in [3.8, 4) is 0 Å². The summed E-state index contributed by atoms with van der Waals surface area (Å²) in [6.45, 7) is 5.56. The van der Waals surface area contributed by atoms with E-state index in [0.29, 0.717) is 33.9 Å². The summed E-state index contributed by atoms with van der Waals surface area (Å²) in [7, 11) is 0. The Hall–Kier alpha value is -0.910. The van der Waals surface area contributed by atoms with Gasteiger partial charge < -0.3 is 10.2 Å². The molecule has 144 valence electrons. The van der Waals surface area contributed by atoms with Gasteiger partial charge in [0.25, 0.3) is 0 Å². The first-order valence-electron chi connectivity index (χ1n) is 8.94. The molecule has 1 fully saturated rings. The van der Waals surface area contributed by atoms with Gasteiger partial charge in [-0.15, -0.1) is 11.8 Å². The second kappa shape index (κ2) is 10.4. The van der Waals surface area contributed by atoms with Crippen LogP contribution in [0.4, 0.5) is 0 Å². The summed E-state index contributed by atoms with van der Waals surface area (Å²) in [5.74, 6) is 1.70. The van der Waals surface area contributed by atoms with Crippen molar-refractivity contribution in [1.82, 2.24) is 10.2 Å². The predicted octanol–water partition coefficient (Wildman–Crippen LogP) is 4.38. The number of nitrogens with one attached hydrogen (secondary N) is 1. The van der Waals surface area contributed by atoms with Crippen molar-refractivity contribution in [2.45, 2.75) is 44.9 Å². The van der Waals surface area contributed by atoms with Gasteiger partial charge in [0.05, 0.1) is 5.75 Å². The summed E-state index contributed by atoms with van der Waals surface area (Å²) in [5.41, 5.74) is 0.978. The molecule has 1 aromatic carbocycles. The number of carbonyl (C=O) groups excluding carboxylic acids is 2. The first-order chi connectivity index (χ1) is 12.3. The summed E-state index contributed by atoms with van der Waals surface area (Å²) in [5, 5.41) is 4.32. The fourth-order valence-corrected chi connectivity index (χ4v) is 4.31. The lowest BCUT2D eigenvalue weighted by Crippen LogP contribution is -2.47. The van der Waals surface area contributed by atoms with E-state index in [2.05, 4.69) is 19.2 Å². The Morgan fingerprint density at radius 1 is 1.27 bits per heavy atom. The SMILES string of the molecule is CC(C)CC(=O)N1CCC(NC(=O)CSCc2ccc(Cl)cc2Cl)CC1. The fraction of sp³-hybridized carbons (Fsp3) is 0.579. The Morgan fingerprint density at radius 3 is 2.58 bits per heavy atom. The highest BCUT2D eigenvalue weighted by atomic mass is 35.5. The van der Waals surface area contributed by atoms with Crippen molar-refractivity contribution in [1.29, 1.82) is 0 Å². The molecule has 7 heteroatoms. The molecule has 1 aliphatic rings. The molecule has 0 aliphatic carbocycles. The minimum absolute atomic E-state index is 0.0343. The van der Waals surface area contributed by atoms with Crippen LogP contribution < -0.4 is 5.32 Å². The Morgan fingerprint density at radius 2 is 1.96 bits per heavy atom. The van der Waals surface area contributed by atoms with Gasteiger partial charge in [-0.1, -0.05) is 43.1 Å². The molecule has 0 radical (unpaired) electrons. The number of hydrogen-bond acceptors (Lipinski definition) is 3. The Bertz CT molecular complexity index is 632. The number of likely N-dealkylation sites (tertiary alicyclic amines) is 1. The average Bonchev–Trinajstić information content (AvgIpc) is 2.57. The molecular weight excluding hydrogens is 391 g/mol. The number of thioether (sulfide) groups is 1. The molecule has 1 heterocycles. The molecule has 26 heavy (non-hydrogen) atoms. The van der Waals surface area contributed by atoms with Crippen molar-refractivity contribution >= 4 is 46.8 Å². The fourth-order valence-electron chi connectivity index (χ4n) is 2.91. The van der Waals surface area contributed by atoms with Crippen LogP contribution in [0.15, 0.2) is 18.2 Å². The van der Waals surface area contributed by atoms with E-state index in [1.54, 1.807) is 12.1 Å². The van der Waals surface area contributed by atoms with Crippen LogP contribution in [-0.2, 0) is 15.3 Å². The van der Waals surface area contributed by atoms with E-state index >= 15 is 0 Å². The van der Waals surface area contributed by atoms with Gasteiger partial charge in [-0.3, -0.25) is 9.59 Å². The lowest BCUT2D eigenvalue weighted by Gasteiger charge is -2.32. The molecular formula is C19H26Cl2N2O2S. The third-order valence-electron chi connectivity index (χ3n) is 4.30. The third kappa shape index (κ3) is 7.01. The lowest BCUT2D eigenvalue weighted by atomic mass is 10.0. The Balaban J connectivity index is 1.67. The van der Waals surface area contributed by atoms with Crippen LogP contribution in [0.1, 0.15) is 38.7 Å². The normalized spacial score (nSPS) is 15.3. The van der Waals surface area contributed by atoms with Crippen LogP contribution in [0.5, 0.6) is 0 Å². The van der Waals surface area contributed by atoms with Crippen LogP contribution in [0.2, 0.25) is 10.0 Å². The molecule has 0 spiro atoms. The van der Waals surface area contributed by atoms with Crippen LogP contribution >= 0.6 is 35.0 Å². The molecule has 1 N–H and O–H groups in total. The van der Waals surface area contributed by atoms with Crippen molar-refractivity contribution in [3.63, 3.8) is 0 Å². The highest BCUT2D eigenvalue weighted by Crippen LogP contribution is 2.24. The molecule has 2 rings (SSSR count). The third-order valence-corrected chi connectivity index (χ3v) is 5.87. The second-order valence-corrected chi connectivity index (χ2v) is 8.88. The van der Waals surface area contributed by atoms with Gasteiger partial charge >= 0.3 is 0 Å². The van der Waals surface area contributed by atoms with Crippen LogP contribution in [-0.4, -0.2) is 41.6 Å². The summed E-state index contributed by atoms with van der Waals surface area (Å²) >= 11 is 13.6. The molecule has 1 aliphatic heterocycles. The highest BCUT2D eigenvalue weighted by Gasteiger charge is 2.24. The zero-order valence-corrected chi connectivity index (χ0v) is 17.6. The topological polar surface area (TPSA) is 49.4 Å². The maximum absolute atomic E-state index is 12.1. The summed E-state index contributed by atoms with van der Waals surface area (Å²) < 4.78 is 0. The summed E-state index contributed by atoms with van der Waals surface area (Å²) in [4.78, 5) is 26.1. The Kier molecular flexibility index (Phi) is 8.58. The van der Waals surface area contributed by atoms with E-state index in [-0.39, 0.29) is 17.9 Å². The number of rotatable bonds is 7. The van der Waals surface area contributed by atoms with Gasteiger partial charge in [0.2, 0.25) is 11.8 Å². The van der Waals surface area contributed by atoms with Crippen molar-refractivity contribution in [2.24, 2.45) is 5.92 Å². The first-order valence-corrected chi connectivity index (χ1v) is 10.8. The number of carbonyl (C=O) groups is 2. The number of piperidine rings is 1. The minimum Gasteiger partial charge on any atom is -0.353 e. The highest BCUT2D eigenvalue weighted by molar-refractivity contribution is 7.99. The van der Waals surface area contributed by atoms with Crippen LogP contribution in [0, 0.1) is 5.92 Å². The van der Waals surface area contributed by atoms with Gasteiger partial charge in [-0.05, 0) is 36.5 Å². The average molecular weight is 417 g/mol. The molecule has 0 aromatic heterocycles. The number of halogens is 2. The maximum Gasteiger partial charge on any atom is 0.230 e. The van der Waals surface area contributed by atoms with Crippen molar-refractivity contribution < 1.29 is 9.59 Å². The molecule has 1 saturated heterocycles. The van der Waals surface area contributed by atoms with Crippen molar-refractivity contribution in [3.05, 3.63) is 33.8 Å². The van der Waals surface area contributed by atoms with E-state index in [1.165, 1.54) is 11.8 Å². The largest absolute Gasteiger partial charge is 0.353 e. The van der Waals surface area contributed by atoms with Gasteiger partial charge in [0.15, 0.2) is 0 Å². The van der Waals surface area contributed by atoms with Crippen LogP contribution in [0.3, 0.4) is 0 Å². The number of amides is 2. The first kappa shape index (κ1) is 21.4. The summed E-state index contributed by atoms with van der Waals surface area (Å²) in [6, 6.07) is 5.57. The molecule has 0 atom stereocenters. The van der Waals surface area contributed by atoms with Gasteiger partial charge in [0, 0.05) is 41.4 Å². The molecule has 0 unspecified atom stereocenters. The van der Waals surface area contributed by atoms with Gasteiger partial charge in [0.1, 0.15) is 0 Å². The number of benzene rings is 1. The zero-order valence-electron chi connectivity index (χ0n) is 15.3. The Labute approximate surface area is 170 Å². The second-order valence-electron chi connectivity index (χ2n) is 7.05. The van der Waals surface area contributed by atoms with Gasteiger partial charge in [-0.25, -0.2) is 0 Å². The van der Waals surface area contributed by atoms with E-state index in [4.69, 9.17) is 23.2 Å². The standard InChI is InChI=1S/C19H26Cl2N2O2S/c1-13(2)9-19(25)23-7-5-16(6-8-23)22-18(24)12-26-11-14-3-4-15(20)10-17(14)21/h3-4,10,13,16H,5-9,11-12H2,1-2H3,(H,22,24). The molecule has 2 amide bonds. The van der Waals surface area contributed by atoms with E-state index in [0.717, 1.165) is 31.5 Å². The number of nitrogens with zero attached hydrogens (tertiary/aromatic N) is 1. The molecule has 1 aromatic rings. The predicted molar refractivity (Wildman–Crippen MR) is 110 cm³/mol. The molecule has 0 bridgehead atoms. The van der Waals surface area contributed by atoms with E-state index in [1.807, 2.05) is 11.0 Å². The molecule has 0 saturated carbocycles. The zero-order chi connectivity index (χ0) is 19.1. The van der Waals surface area contributed by atoms with Gasteiger partial charge in [-0.2, -0.15) is 0 Å². The lowest BCUT2D eigenvalue weighted by molar-refractivity contribution is -0.133. The minimum atomic E-state index is 0.0343. The summed E-state index contributed by atoms with van der Waals surface area (Å²) in [6.07, 6.45) is 2.24. The quantitative estimate of drug-likeness (QED) is 0.716. The monoisotopic (exact) mass is 416 g/mol.